The molecule has 228 valence electrons. The van der Waals surface area contributed by atoms with Gasteiger partial charge in [0.25, 0.3) is 0 Å². The van der Waals surface area contributed by atoms with Crippen molar-refractivity contribution in [3.63, 3.8) is 0 Å². The van der Waals surface area contributed by atoms with Crippen LogP contribution in [0.3, 0.4) is 0 Å². The number of thioether (sulfide) groups is 1. The molecule has 0 aliphatic carbocycles. The lowest BCUT2D eigenvalue weighted by Crippen LogP contribution is -2.59. The third kappa shape index (κ3) is 12.4. The van der Waals surface area contributed by atoms with Gasteiger partial charge in [0.15, 0.2) is 6.04 Å². The molecule has 0 bridgehead atoms. The van der Waals surface area contributed by atoms with E-state index in [1.165, 1.54) is 49.9 Å². The standard InChI is InChI=1S/C25H38N6O9S/c1-12(21(35)29-17(8-9-41-3)23(37)31-20(13(2)32)25(39)40)28-24(38)18(10-14-4-6-15(33)7-5-14)30-22(36)16(26)11-19(27)34/h4-7,12-13,16-18,20,32-33H,8-11,26H2,1-3H3,(H2,27,34)(H,28,38)(H,29,35)(H,30,36)(H,31,37)(H,39,40)/t12-,13+,16-,17-,18-,20-/m0/s1. The van der Waals surface area contributed by atoms with Crippen LogP contribution in [0.25, 0.3) is 0 Å². The first-order valence-corrected chi connectivity index (χ1v) is 14.0. The molecular weight excluding hydrogens is 560 g/mol. The molecule has 0 aliphatic rings. The van der Waals surface area contributed by atoms with Gasteiger partial charge >= 0.3 is 5.97 Å². The number of carboxylic acids is 1. The summed E-state index contributed by atoms with van der Waals surface area (Å²) >= 11 is 1.38. The van der Waals surface area contributed by atoms with Gasteiger partial charge in [-0.1, -0.05) is 12.1 Å². The summed E-state index contributed by atoms with van der Waals surface area (Å²) in [6.45, 7) is 2.53. The first-order chi connectivity index (χ1) is 19.2. The highest BCUT2D eigenvalue weighted by molar-refractivity contribution is 7.98. The second-order valence-corrected chi connectivity index (χ2v) is 10.3. The van der Waals surface area contributed by atoms with Gasteiger partial charge in [-0.25, -0.2) is 4.79 Å². The van der Waals surface area contributed by atoms with Crippen molar-refractivity contribution in [2.45, 2.75) is 69.4 Å². The van der Waals surface area contributed by atoms with Crippen molar-refractivity contribution in [3.05, 3.63) is 29.8 Å². The number of primary amides is 1. The lowest BCUT2D eigenvalue weighted by molar-refractivity contribution is -0.145. The minimum absolute atomic E-state index is 0.0178. The molecule has 0 saturated carbocycles. The minimum atomic E-state index is -1.60. The molecule has 0 unspecified atom stereocenters. The van der Waals surface area contributed by atoms with E-state index in [4.69, 9.17) is 11.5 Å². The van der Waals surface area contributed by atoms with E-state index in [-0.39, 0.29) is 18.6 Å². The third-order valence-electron chi connectivity index (χ3n) is 5.81. The van der Waals surface area contributed by atoms with Crippen LogP contribution < -0.4 is 32.7 Å². The van der Waals surface area contributed by atoms with Crippen molar-refractivity contribution in [2.75, 3.05) is 12.0 Å². The van der Waals surface area contributed by atoms with Crippen molar-refractivity contribution in [1.82, 2.24) is 21.3 Å². The molecule has 5 amide bonds. The van der Waals surface area contributed by atoms with Crippen molar-refractivity contribution in [2.24, 2.45) is 11.5 Å². The zero-order valence-electron chi connectivity index (χ0n) is 23.0. The fourth-order valence-electron chi connectivity index (χ4n) is 3.49. The fraction of sp³-hybridized carbons (Fsp3) is 0.520. The number of nitrogens with one attached hydrogen (secondary N) is 4. The molecule has 16 heteroatoms. The average molecular weight is 599 g/mol. The number of phenols is 1. The lowest BCUT2D eigenvalue weighted by atomic mass is 10.0. The van der Waals surface area contributed by atoms with Gasteiger partial charge in [-0.2, -0.15) is 11.8 Å². The SMILES string of the molecule is CSCC[C@H](NC(=O)[C@H](C)NC(=O)[C@H](Cc1ccc(O)cc1)NC(=O)[C@@H](N)CC(N)=O)C(=O)N[C@H](C(=O)O)[C@@H](C)O. The van der Waals surface area contributed by atoms with Crippen LogP contribution in [0, 0.1) is 0 Å². The van der Waals surface area contributed by atoms with E-state index >= 15 is 0 Å². The number of aliphatic hydroxyl groups is 1. The number of nitrogens with two attached hydrogens (primary N) is 2. The monoisotopic (exact) mass is 598 g/mol. The molecule has 1 rings (SSSR count). The van der Waals surface area contributed by atoms with Gasteiger partial charge in [-0.3, -0.25) is 24.0 Å². The second-order valence-electron chi connectivity index (χ2n) is 9.35. The summed E-state index contributed by atoms with van der Waals surface area (Å²) in [7, 11) is 0. The molecule has 0 fully saturated rings. The summed E-state index contributed by atoms with van der Waals surface area (Å²) in [4.78, 5) is 73.8. The van der Waals surface area contributed by atoms with Crippen LogP contribution >= 0.6 is 11.8 Å². The Kier molecular flexibility index (Phi) is 14.6. The Morgan fingerprint density at radius 1 is 0.878 bits per heavy atom. The van der Waals surface area contributed by atoms with Gasteiger partial charge < -0.3 is 48.1 Å². The number of benzene rings is 1. The largest absolute Gasteiger partial charge is 0.508 e. The maximum absolute atomic E-state index is 13.1. The van der Waals surface area contributed by atoms with E-state index in [0.717, 1.165) is 0 Å². The molecule has 0 spiro atoms. The zero-order valence-corrected chi connectivity index (χ0v) is 23.8. The van der Waals surface area contributed by atoms with Crippen molar-refractivity contribution in [1.29, 1.82) is 0 Å². The number of aliphatic carboxylic acids is 1. The number of hydrogen-bond donors (Lipinski definition) is 9. The second kappa shape index (κ2) is 17.0. The summed E-state index contributed by atoms with van der Waals surface area (Å²) in [5, 5.41) is 38.0. The van der Waals surface area contributed by atoms with Crippen LogP contribution in [0.2, 0.25) is 0 Å². The van der Waals surface area contributed by atoms with Gasteiger partial charge in [0.1, 0.15) is 23.9 Å². The molecule has 15 nitrogen and oxygen atoms in total. The van der Waals surface area contributed by atoms with Gasteiger partial charge in [-0.15, -0.1) is 0 Å². The number of aliphatic hydroxyl groups excluding tert-OH is 1. The quantitative estimate of drug-likeness (QED) is 0.0891. The Bertz CT molecular complexity index is 1090. The predicted octanol–water partition coefficient (Wildman–Crippen LogP) is -2.68. The number of phenolic OH excluding ortho intramolecular Hbond substituents is 1. The minimum Gasteiger partial charge on any atom is -0.508 e. The molecule has 0 radical (unpaired) electrons. The zero-order chi connectivity index (χ0) is 31.3. The number of carbonyl (C=O) groups excluding carboxylic acids is 5. The summed E-state index contributed by atoms with van der Waals surface area (Å²) in [6.07, 6.45) is -0.0288. The first-order valence-electron chi connectivity index (χ1n) is 12.6. The Hall–Kier alpha value is -3.89. The third-order valence-corrected chi connectivity index (χ3v) is 6.45. The van der Waals surface area contributed by atoms with Crippen LogP contribution in [-0.4, -0.2) is 99.1 Å². The number of carbonyl (C=O) groups is 6. The highest BCUT2D eigenvalue weighted by Crippen LogP contribution is 2.12. The number of rotatable bonds is 17. The van der Waals surface area contributed by atoms with Gasteiger partial charge in [-0.05, 0) is 50.0 Å². The Labute approximate surface area is 241 Å². The van der Waals surface area contributed by atoms with E-state index in [0.29, 0.717) is 11.3 Å². The van der Waals surface area contributed by atoms with Crippen molar-refractivity contribution < 1.29 is 44.1 Å². The molecule has 0 heterocycles. The van der Waals surface area contributed by atoms with Gasteiger partial charge in [0, 0.05) is 6.42 Å². The summed E-state index contributed by atoms with van der Waals surface area (Å²) in [6, 6.07) is -0.748. The first kappa shape index (κ1) is 35.1. The predicted molar refractivity (Wildman–Crippen MR) is 149 cm³/mol. The topological polar surface area (TPSA) is 263 Å². The van der Waals surface area contributed by atoms with E-state index in [9.17, 15) is 44.1 Å². The van der Waals surface area contributed by atoms with Crippen LogP contribution in [0.4, 0.5) is 0 Å². The van der Waals surface area contributed by atoms with Crippen LogP contribution in [0.5, 0.6) is 5.75 Å². The van der Waals surface area contributed by atoms with Crippen LogP contribution in [0.1, 0.15) is 32.3 Å². The van der Waals surface area contributed by atoms with Gasteiger partial charge in [0.05, 0.1) is 18.6 Å². The normalized spacial score (nSPS) is 15.2. The molecule has 1 aromatic carbocycles. The number of aromatic hydroxyl groups is 1. The molecule has 11 N–H and O–H groups in total. The summed E-state index contributed by atoms with van der Waals surface area (Å²) in [5.74, 6) is -5.09. The molecule has 0 aromatic heterocycles. The number of carboxylic acid groups (broad SMARTS) is 1. The van der Waals surface area contributed by atoms with Crippen molar-refractivity contribution >= 4 is 47.3 Å². The lowest BCUT2D eigenvalue weighted by Gasteiger charge is -2.25. The Morgan fingerprint density at radius 3 is 1.95 bits per heavy atom. The van der Waals surface area contributed by atoms with E-state index < -0.39 is 78.2 Å². The smallest absolute Gasteiger partial charge is 0.328 e. The highest BCUT2D eigenvalue weighted by Gasteiger charge is 2.31. The molecule has 41 heavy (non-hydrogen) atoms. The van der Waals surface area contributed by atoms with E-state index in [1.807, 2.05) is 0 Å². The number of hydrogen-bond acceptors (Lipinski definition) is 10. The maximum atomic E-state index is 13.1. The number of amides is 5. The maximum Gasteiger partial charge on any atom is 0.328 e. The van der Waals surface area contributed by atoms with Crippen LogP contribution in [0.15, 0.2) is 24.3 Å². The highest BCUT2D eigenvalue weighted by atomic mass is 32.2. The van der Waals surface area contributed by atoms with Crippen molar-refractivity contribution in [3.8, 4) is 5.75 Å². The summed E-state index contributed by atoms with van der Waals surface area (Å²) < 4.78 is 0. The van der Waals surface area contributed by atoms with Gasteiger partial charge in [0.2, 0.25) is 29.5 Å². The Morgan fingerprint density at radius 2 is 1.44 bits per heavy atom. The van der Waals surface area contributed by atoms with Crippen LogP contribution in [-0.2, 0) is 35.2 Å². The molecule has 1 aromatic rings. The molecule has 0 saturated heterocycles. The molecule has 6 atom stereocenters. The average Bonchev–Trinajstić information content (AvgIpc) is 2.89. The van der Waals surface area contributed by atoms with E-state index in [1.54, 1.807) is 6.26 Å². The summed E-state index contributed by atoms with van der Waals surface area (Å²) in [5.41, 5.74) is 11.3. The Balaban J connectivity index is 3.02. The fourth-order valence-corrected chi connectivity index (χ4v) is 3.96. The molecular formula is C25H38N6O9S. The molecule has 0 aliphatic heterocycles. The van der Waals surface area contributed by atoms with E-state index in [2.05, 4.69) is 21.3 Å².